The lowest BCUT2D eigenvalue weighted by atomic mass is 10.1. The van der Waals surface area contributed by atoms with Crippen molar-refractivity contribution < 1.29 is 26.7 Å². The van der Waals surface area contributed by atoms with E-state index in [-0.39, 0.29) is 5.02 Å². The van der Waals surface area contributed by atoms with Crippen molar-refractivity contribution in [2.45, 2.75) is 12.1 Å². The molecular formula is C21H13Cl2F5N2O. The first-order chi connectivity index (χ1) is 14.5. The Balaban J connectivity index is 1.80. The van der Waals surface area contributed by atoms with Gasteiger partial charge in [0, 0.05) is 22.3 Å². The Bertz CT molecular complexity index is 1120. The molecule has 1 aromatic heterocycles. The van der Waals surface area contributed by atoms with E-state index in [1.165, 1.54) is 12.1 Å². The van der Waals surface area contributed by atoms with Crippen LogP contribution in [0.3, 0.4) is 0 Å². The third kappa shape index (κ3) is 5.14. The fourth-order valence-electron chi connectivity index (χ4n) is 2.85. The average molecular weight is 475 g/mol. The molecule has 1 amide bonds. The number of amides is 1. The normalized spacial score (nSPS) is 12.0. The smallest absolute Gasteiger partial charge is 0.346 e. The molecule has 2 aromatic carbocycles. The van der Waals surface area contributed by atoms with Crippen LogP contribution in [0.15, 0.2) is 60.8 Å². The standard InChI is InChI=1S/C21H13Cl2F5N2O/c22-16-8-4-2-5-13(16)12-9-17(23)18(29-10-12)20(24,25)11-30-19(31)14-6-1-3-7-15(14)21(26,27)28/h1-10H,11H2,(H,30,31). The Morgan fingerprint density at radius 1 is 0.935 bits per heavy atom. The number of nitrogens with zero attached hydrogens (tertiary/aromatic N) is 1. The van der Waals surface area contributed by atoms with Gasteiger partial charge in [-0.2, -0.15) is 22.0 Å². The highest BCUT2D eigenvalue weighted by molar-refractivity contribution is 6.34. The van der Waals surface area contributed by atoms with Gasteiger partial charge in [0.1, 0.15) is 5.69 Å². The molecule has 3 nitrogen and oxygen atoms in total. The van der Waals surface area contributed by atoms with Crippen molar-refractivity contribution in [2.75, 3.05) is 6.54 Å². The van der Waals surface area contributed by atoms with E-state index in [2.05, 4.69) is 4.98 Å². The van der Waals surface area contributed by atoms with Crippen LogP contribution in [0.5, 0.6) is 0 Å². The van der Waals surface area contributed by atoms with Crippen LogP contribution in [0.25, 0.3) is 11.1 Å². The van der Waals surface area contributed by atoms with E-state index in [1.807, 2.05) is 5.32 Å². The Labute approximate surface area is 183 Å². The molecule has 0 fully saturated rings. The number of hydrogen-bond acceptors (Lipinski definition) is 2. The topological polar surface area (TPSA) is 42.0 Å². The van der Waals surface area contributed by atoms with Gasteiger partial charge in [0.05, 0.1) is 22.7 Å². The zero-order chi connectivity index (χ0) is 22.8. The maximum absolute atomic E-state index is 14.6. The molecule has 31 heavy (non-hydrogen) atoms. The number of pyridine rings is 1. The lowest BCUT2D eigenvalue weighted by molar-refractivity contribution is -0.137. The fraction of sp³-hybridized carbons (Fsp3) is 0.143. The van der Waals surface area contributed by atoms with Gasteiger partial charge in [0.2, 0.25) is 0 Å². The van der Waals surface area contributed by atoms with Crippen LogP contribution < -0.4 is 5.32 Å². The third-order valence-corrected chi connectivity index (χ3v) is 4.94. The fourth-order valence-corrected chi connectivity index (χ4v) is 3.40. The van der Waals surface area contributed by atoms with Gasteiger partial charge in [-0.05, 0) is 24.3 Å². The summed E-state index contributed by atoms with van der Waals surface area (Å²) in [6, 6.07) is 11.8. The van der Waals surface area contributed by atoms with Crippen LogP contribution >= 0.6 is 23.2 Å². The Hall–Kier alpha value is -2.71. The molecule has 0 radical (unpaired) electrons. The SMILES string of the molecule is O=C(NCC(F)(F)c1ncc(-c2ccccc2Cl)cc1Cl)c1ccccc1C(F)(F)F. The number of halogens is 7. The molecule has 162 valence electrons. The van der Waals surface area contributed by atoms with Gasteiger partial charge < -0.3 is 5.32 Å². The molecule has 1 heterocycles. The third-order valence-electron chi connectivity index (χ3n) is 4.32. The van der Waals surface area contributed by atoms with Crippen LogP contribution in [0.2, 0.25) is 10.0 Å². The summed E-state index contributed by atoms with van der Waals surface area (Å²) in [5.74, 6) is -5.03. The van der Waals surface area contributed by atoms with Crippen molar-refractivity contribution in [2.24, 2.45) is 0 Å². The second-order valence-electron chi connectivity index (χ2n) is 6.46. The quantitative estimate of drug-likeness (QED) is 0.423. The first-order valence-electron chi connectivity index (χ1n) is 8.74. The maximum atomic E-state index is 14.6. The molecule has 10 heteroatoms. The molecule has 0 bridgehead atoms. The highest BCUT2D eigenvalue weighted by atomic mass is 35.5. The van der Waals surface area contributed by atoms with E-state index >= 15 is 0 Å². The summed E-state index contributed by atoms with van der Waals surface area (Å²) in [6.45, 7) is -1.30. The highest BCUT2D eigenvalue weighted by Gasteiger charge is 2.38. The lowest BCUT2D eigenvalue weighted by Gasteiger charge is -2.19. The second-order valence-corrected chi connectivity index (χ2v) is 7.28. The summed E-state index contributed by atoms with van der Waals surface area (Å²) >= 11 is 12.1. The number of carbonyl (C=O) groups is 1. The number of hydrogen-bond donors (Lipinski definition) is 1. The Morgan fingerprint density at radius 2 is 1.58 bits per heavy atom. The van der Waals surface area contributed by atoms with Crippen molar-refractivity contribution >= 4 is 29.1 Å². The van der Waals surface area contributed by atoms with Crippen LogP contribution in [-0.4, -0.2) is 17.4 Å². The maximum Gasteiger partial charge on any atom is 0.417 e. The lowest BCUT2D eigenvalue weighted by Crippen LogP contribution is -2.36. The minimum absolute atomic E-state index is 0.371. The molecule has 0 spiro atoms. The van der Waals surface area contributed by atoms with Crippen LogP contribution in [0, 0.1) is 0 Å². The van der Waals surface area contributed by atoms with Gasteiger partial charge in [-0.25, -0.2) is 0 Å². The molecule has 0 unspecified atom stereocenters. The van der Waals surface area contributed by atoms with E-state index in [0.29, 0.717) is 22.2 Å². The molecule has 0 atom stereocenters. The predicted molar refractivity (Wildman–Crippen MR) is 107 cm³/mol. The second kappa shape index (κ2) is 8.80. The molecular weight excluding hydrogens is 462 g/mol. The number of benzene rings is 2. The zero-order valence-corrected chi connectivity index (χ0v) is 17.0. The molecule has 0 aliphatic rings. The van der Waals surface area contributed by atoms with Gasteiger partial charge in [-0.1, -0.05) is 53.5 Å². The Kier molecular flexibility index (Phi) is 6.52. The molecule has 3 rings (SSSR count). The molecule has 0 aliphatic heterocycles. The van der Waals surface area contributed by atoms with Crippen molar-refractivity contribution in [3.8, 4) is 11.1 Å². The summed E-state index contributed by atoms with van der Waals surface area (Å²) in [5.41, 5.74) is -1.88. The number of aromatic nitrogens is 1. The summed E-state index contributed by atoms with van der Waals surface area (Å²) in [6.07, 6.45) is -3.66. The van der Waals surface area contributed by atoms with Gasteiger partial charge in [0.25, 0.3) is 5.91 Å². The van der Waals surface area contributed by atoms with E-state index in [1.54, 1.807) is 24.3 Å². The van der Waals surface area contributed by atoms with Gasteiger partial charge >= 0.3 is 12.1 Å². The first kappa shape index (κ1) is 23.0. The van der Waals surface area contributed by atoms with E-state index in [4.69, 9.17) is 23.2 Å². The summed E-state index contributed by atoms with van der Waals surface area (Å²) in [7, 11) is 0. The van der Waals surface area contributed by atoms with Crippen LogP contribution in [0.4, 0.5) is 22.0 Å². The molecule has 1 N–H and O–H groups in total. The number of carbonyl (C=O) groups excluding carboxylic acids is 1. The van der Waals surface area contributed by atoms with Gasteiger partial charge in [0.15, 0.2) is 0 Å². The van der Waals surface area contributed by atoms with Gasteiger partial charge in [-0.3, -0.25) is 9.78 Å². The minimum Gasteiger partial charge on any atom is -0.346 e. The Morgan fingerprint density at radius 3 is 2.23 bits per heavy atom. The molecule has 0 aliphatic carbocycles. The van der Waals surface area contributed by atoms with E-state index in [9.17, 15) is 26.7 Å². The first-order valence-corrected chi connectivity index (χ1v) is 9.49. The van der Waals surface area contributed by atoms with Crippen molar-refractivity contribution in [1.29, 1.82) is 0 Å². The number of rotatable bonds is 5. The van der Waals surface area contributed by atoms with Gasteiger partial charge in [-0.15, -0.1) is 0 Å². The van der Waals surface area contributed by atoms with E-state index < -0.39 is 41.4 Å². The zero-order valence-electron chi connectivity index (χ0n) is 15.5. The van der Waals surface area contributed by atoms with Crippen molar-refractivity contribution in [3.63, 3.8) is 0 Å². The number of alkyl halides is 5. The summed E-state index contributed by atoms with van der Waals surface area (Å²) < 4.78 is 68.4. The predicted octanol–water partition coefficient (Wildman–Crippen LogP) is 6.60. The highest BCUT2D eigenvalue weighted by Crippen LogP contribution is 2.36. The molecule has 0 saturated heterocycles. The van der Waals surface area contributed by atoms with Crippen LogP contribution in [0.1, 0.15) is 21.6 Å². The molecule has 0 saturated carbocycles. The number of nitrogens with one attached hydrogen (secondary N) is 1. The minimum atomic E-state index is -4.81. The van der Waals surface area contributed by atoms with Crippen molar-refractivity contribution in [3.05, 3.63) is 87.7 Å². The monoisotopic (exact) mass is 474 g/mol. The van der Waals surface area contributed by atoms with Crippen molar-refractivity contribution in [1.82, 2.24) is 10.3 Å². The summed E-state index contributed by atoms with van der Waals surface area (Å²) in [4.78, 5) is 15.8. The molecule has 3 aromatic rings. The van der Waals surface area contributed by atoms with E-state index in [0.717, 1.165) is 18.3 Å². The largest absolute Gasteiger partial charge is 0.417 e. The van der Waals surface area contributed by atoms with Crippen LogP contribution in [-0.2, 0) is 12.1 Å². The average Bonchev–Trinajstić information content (AvgIpc) is 2.71. The summed E-state index contributed by atoms with van der Waals surface area (Å²) in [5, 5.41) is 1.81.